The smallest absolute Gasteiger partial charge is 0.318 e. The number of piperidine rings is 1. The molecule has 0 aliphatic carbocycles. The molecule has 0 spiro atoms. The van der Waals surface area contributed by atoms with Crippen LogP contribution >= 0.6 is 0 Å². The van der Waals surface area contributed by atoms with Gasteiger partial charge in [0.25, 0.3) is 0 Å². The van der Waals surface area contributed by atoms with Crippen LogP contribution in [0.15, 0.2) is 33.5 Å². The van der Waals surface area contributed by atoms with Crippen LogP contribution in [0.25, 0.3) is 11.4 Å². The van der Waals surface area contributed by atoms with Crippen molar-refractivity contribution >= 4 is 6.01 Å². The van der Waals surface area contributed by atoms with Gasteiger partial charge in [0.15, 0.2) is 0 Å². The average molecular weight is 354 g/mol. The minimum Gasteiger partial charge on any atom is -0.407 e. The zero-order chi connectivity index (χ0) is 18.1. The Labute approximate surface area is 151 Å². The van der Waals surface area contributed by atoms with Crippen LogP contribution < -0.4 is 4.90 Å². The van der Waals surface area contributed by atoms with Crippen LogP contribution in [0.1, 0.15) is 51.3 Å². The van der Waals surface area contributed by atoms with Gasteiger partial charge in [0.05, 0.1) is 5.92 Å². The van der Waals surface area contributed by atoms with E-state index in [1.165, 1.54) is 0 Å². The van der Waals surface area contributed by atoms with E-state index in [1.807, 2.05) is 12.1 Å². The van der Waals surface area contributed by atoms with Crippen LogP contribution in [-0.4, -0.2) is 38.4 Å². The molecule has 1 aliphatic heterocycles. The molecule has 4 heterocycles. The molecular weight excluding hydrogens is 332 g/mol. The van der Waals surface area contributed by atoms with Crippen molar-refractivity contribution in [1.29, 1.82) is 0 Å². The Morgan fingerprint density at radius 3 is 2.85 bits per heavy atom. The Bertz CT molecular complexity index is 867. The number of rotatable bonds is 3. The fourth-order valence-corrected chi connectivity index (χ4v) is 3.01. The summed E-state index contributed by atoms with van der Waals surface area (Å²) in [5, 5.41) is 12.5. The number of hydrogen-bond acceptors (Lipinski definition) is 8. The van der Waals surface area contributed by atoms with Gasteiger partial charge in [-0.25, -0.2) is 0 Å². The first-order valence-corrected chi connectivity index (χ1v) is 8.83. The number of anilines is 1. The first-order chi connectivity index (χ1) is 12.5. The maximum absolute atomic E-state index is 5.88. The van der Waals surface area contributed by atoms with E-state index in [0.717, 1.165) is 31.5 Å². The van der Waals surface area contributed by atoms with Crippen molar-refractivity contribution in [3.8, 4) is 11.4 Å². The zero-order valence-electron chi connectivity index (χ0n) is 15.2. The van der Waals surface area contributed by atoms with Gasteiger partial charge in [-0.3, -0.25) is 4.98 Å². The van der Waals surface area contributed by atoms with E-state index in [4.69, 9.17) is 8.94 Å². The van der Waals surface area contributed by atoms with Crippen molar-refractivity contribution in [3.05, 3.63) is 36.3 Å². The molecule has 3 aromatic rings. The Morgan fingerprint density at radius 1 is 1.23 bits per heavy atom. The van der Waals surface area contributed by atoms with Crippen LogP contribution in [0.5, 0.6) is 0 Å². The second-order valence-corrected chi connectivity index (χ2v) is 7.62. The lowest BCUT2D eigenvalue weighted by atomic mass is 9.97. The monoisotopic (exact) mass is 354 g/mol. The van der Waals surface area contributed by atoms with E-state index in [9.17, 15) is 0 Å². The third-order valence-electron chi connectivity index (χ3n) is 4.46. The number of nitrogens with zero attached hydrogens (tertiary/aromatic N) is 6. The van der Waals surface area contributed by atoms with Crippen molar-refractivity contribution in [2.45, 2.75) is 44.9 Å². The summed E-state index contributed by atoms with van der Waals surface area (Å²) in [4.78, 5) is 10.8. The highest BCUT2D eigenvalue weighted by Crippen LogP contribution is 2.31. The fraction of sp³-hybridized carbons (Fsp3) is 0.500. The highest BCUT2D eigenvalue weighted by Gasteiger charge is 2.30. The van der Waals surface area contributed by atoms with Crippen LogP contribution in [0.4, 0.5) is 6.01 Å². The Balaban J connectivity index is 1.51. The molecule has 0 amide bonds. The lowest BCUT2D eigenvalue weighted by Gasteiger charge is -2.29. The maximum atomic E-state index is 5.88. The fourth-order valence-electron chi connectivity index (χ4n) is 3.01. The SMILES string of the molecule is CC(C)(C)c1nnc(N2CCC[C@H](c3nc(-c4cccnc4)no3)C2)o1. The molecule has 8 nitrogen and oxygen atoms in total. The van der Waals surface area contributed by atoms with Crippen LogP contribution in [-0.2, 0) is 5.41 Å². The Kier molecular flexibility index (Phi) is 4.18. The quantitative estimate of drug-likeness (QED) is 0.708. The minimum absolute atomic E-state index is 0.145. The molecule has 4 rings (SSSR count). The van der Waals surface area contributed by atoms with Gasteiger partial charge >= 0.3 is 6.01 Å². The predicted octanol–water partition coefficient (Wildman–Crippen LogP) is 3.20. The van der Waals surface area contributed by atoms with Gasteiger partial charge in [-0.05, 0) is 25.0 Å². The second-order valence-electron chi connectivity index (χ2n) is 7.62. The van der Waals surface area contributed by atoms with Gasteiger partial charge in [0.2, 0.25) is 17.6 Å². The summed E-state index contributed by atoms with van der Waals surface area (Å²) < 4.78 is 11.4. The van der Waals surface area contributed by atoms with Gasteiger partial charge in [-0.2, -0.15) is 4.98 Å². The summed E-state index contributed by atoms with van der Waals surface area (Å²) in [6, 6.07) is 4.34. The maximum Gasteiger partial charge on any atom is 0.318 e. The van der Waals surface area contributed by atoms with E-state index in [0.29, 0.717) is 23.6 Å². The molecule has 1 atom stereocenters. The molecule has 1 fully saturated rings. The molecule has 0 saturated carbocycles. The topological polar surface area (TPSA) is 94.0 Å². The van der Waals surface area contributed by atoms with Crippen LogP contribution in [0.3, 0.4) is 0 Å². The first-order valence-electron chi connectivity index (χ1n) is 8.83. The molecule has 0 bridgehead atoms. The summed E-state index contributed by atoms with van der Waals surface area (Å²) in [5.74, 6) is 2.00. The van der Waals surface area contributed by atoms with Crippen molar-refractivity contribution in [3.63, 3.8) is 0 Å². The van der Waals surface area contributed by atoms with Crippen molar-refractivity contribution in [1.82, 2.24) is 25.3 Å². The molecule has 136 valence electrons. The summed E-state index contributed by atoms with van der Waals surface area (Å²) in [6.07, 6.45) is 5.45. The highest BCUT2D eigenvalue weighted by atomic mass is 16.5. The minimum atomic E-state index is -0.161. The van der Waals surface area contributed by atoms with E-state index in [2.05, 4.69) is 51.0 Å². The lowest BCUT2D eigenvalue weighted by Crippen LogP contribution is -2.34. The van der Waals surface area contributed by atoms with Crippen molar-refractivity contribution < 1.29 is 8.94 Å². The summed E-state index contributed by atoms with van der Waals surface area (Å²) in [7, 11) is 0. The number of hydrogen-bond donors (Lipinski definition) is 0. The van der Waals surface area contributed by atoms with Gasteiger partial charge < -0.3 is 13.8 Å². The van der Waals surface area contributed by atoms with E-state index >= 15 is 0 Å². The zero-order valence-corrected chi connectivity index (χ0v) is 15.2. The second kappa shape index (κ2) is 6.51. The normalized spacial score (nSPS) is 18.3. The van der Waals surface area contributed by atoms with Gasteiger partial charge in [-0.1, -0.05) is 31.0 Å². The standard InChI is InChI=1S/C18H22N6O2/c1-18(2,3)16-21-22-17(25-16)24-9-5-7-13(11-24)15-20-14(23-26-15)12-6-4-8-19-10-12/h4,6,8,10,13H,5,7,9,11H2,1-3H3/t13-/m0/s1. The number of pyridine rings is 1. The summed E-state index contributed by atoms with van der Waals surface area (Å²) in [5.41, 5.74) is 0.688. The molecule has 0 unspecified atom stereocenters. The highest BCUT2D eigenvalue weighted by molar-refractivity contribution is 5.52. The van der Waals surface area contributed by atoms with E-state index in [1.54, 1.807) is 12.4 Å². The third kappa shape index (κ3) is 3.31. The molecule has 0 aromatic carbocycles. The Hall–Kier alpha value is -2.77. The molecule has 0 N–H and O–H groups in total. The number of aromatic nitrogens is 5. The van der Waals surface area contributed by atoms with E-state index < -0.39 is 0 Å². The largest absolute Gasteiger partial charge is 0.407 e. The molecule has 1 aliphatic rings. The molecular formula is C18H22N6O2. The summed E-state index contributed by atoms with van der Waals surface area (Å²) in [6.45, 7) is 7.78. The molecule has 3 aromatic heterocycles. The predicted molar refractivity (Wildman–Crippen MR) is 94.7 cm³/mol. The van der Waals surface area contributed by atoms with Gasteiger partial charge in [0.1, 0.15) is 0 Å². The molecule has 1 saturated heterocycles. The van der Waals surface area contributed by atoms with Crippen molar-refractivity contribution in [2.24, 2.45) is 0 Å². The van der Waals surface area contributed by atoms with Gasteiger partial charge in [0, 0.05) is 36.5 Å². The van der Waals surface area contributed by atoms with Crippen LogP contribution in [0.2, 0.25) is 0 Å². The summed E-state index contributed by atoms with van der Waals surface area (Å²) >= 11 is 0. The Morgan fingerprint density at radius 2 is 2.12 bits per heavy atom. The average Bonchev–Trinajstić information content (AvgIpc) is 3.32. The first kappa shape index (κ1) is 16.7. The van der Waals surface area contributed by atoms with Crippen molar-refractivity contribution in [2.75, 3.05) is 18.0 Å². The molecule has 26 heavy (non-hydrogen) atoms. The molecule has 8 heteroatoms. The molecule has 0 radical (unpaired) electrons. The lowest BCUT2D eigenvalue weighted by molar-refractivity contribution is 0.326. The third-order valence-corrected chi connectivity index (χ3v) is 4.46. The van der Waals surface area contributed by atoms with E-state index in [-0.39, 0.29) is 11.3 Å². The van der Waals surface area contributed by atoms with Crippen LogP contribution in [0, 0.1) is 0 Å². The van der Waals surface area contributed by atoms with Gasteiger partial charge in [-0.15, -0.1) is 5.10 Å².